The predicted octanol–water partition coefficient (Wildman–Crippen LogP) is 1.92. The van der Waals surface area contributed by atoms with Crippen LogP contribution in [0.5, 0.6) is 0 Å². The Balaban J connectivity index is 1.88. The van der Waals surface area contributed by atoms with Gasteiger partial charge < -0.3 is 5.32 Å². The second-order valence-electron chi connectivity index (χ2n) is 5.44. The maximum atomic E-state index is 12.1. The van der Waals surface area contributed by atoms with Gasteiger partial charge in [0, 0.05) is 6.54 Å². The molecule has 1 unspecified atom stereocenters. The van der Waals surface area contributed by atoms with Gasteiger partial charge in [-0.15, -0.1) is 0 Å². The minimum absolute atomic E-state index is 0.363. The topological polar surface area (TPSA) is 58.2 Å². The zero-order valence-corrected chi connectivity index (χ0v) is 12.9. The quantitative estimate of drug-likeness (QED) is 0.808. The molecule has 1 fully saturated rings. The Bertz CT molecular complexity index is 505. The Morgan fingerprint density at radius 2 is 2.05 bits per heavy atom. The van der Waals surface area contributed by atoms with Gasteiger partial charge in [0.2, 0.25) is 10.0 Å². The first-order valence-corrected chi connectivity index (χ1v) is 8.89. The van der Waals surface area contributed by atoms with Gasteiger partial charge in [-0.25, -0.2) is 13.1 Å². The van der Waals surface area contributed by atoms with Crippen LogP contribution in [-0.4, -0.2) is 28.1 Å². The zero-order valence-electron chi connectivity index (χ0n) is 12.1. The molecule has 2 N–H and O–H groups in total. The van der Waals surface area contributed by atoms with Gasteiger partial charge in [-0.3, -0.25) is 0 Å². The average molecular weight is 296 g/mol. The Hall–Kier alpha value is -0.910. The van der Waals surface area contributed by atoms with Gasteiger partial charge in [-0.1, -0.05) is 25.5 Å². The van der Waals surface area contributed by atoms with E-state index in [1.807, 2.05) is 12.1 Å². The number of sulfonamides is 1. The van der Waals surface area contributed by atoms with Crippen LogP contribution in [0.3, 0.4) is 0 Å². The predicted molar refractivity (Wildman–Crippen MR) is 81.2 cm³/mol. The molecule has 1 atom stereocenters. The van der Waals surface area contributed by atoms with Crippen molar-refractivity contribution in [1.82, 2.24) is 10.0 Å². The molecule has 0 aliphatic carbocycles. The summed E-state index contributed by atoms with van der Waals surface area (Å²) in [7, 11) is -3.35. The van der Waals surface area contributed by atoms with Crippen molar-refractivity contribution in [1.29, 1.82) is 0 Å². The summed E-state index contributed by atoms with van der Waals surface area (Å²) >= 11 is 0. The molecule has 0 radical (unpaired) electrons. The summed E-state index contributed by atoms with van der Waals surface area (Å²) in [6.45, 7) is 4.69. The maximum Gasteiger partial charge on any atom is 0.240 e. The van der Waals surface area contributed by atoms with Gasteiger partial charge in [0.15, 0.2) is 0 Å². The lowest BCUT2D eigenvalue weighted by atomic mass is 10.1. The molecule has 1 aromatic carbocycles. The van der Waals surface area contributed by atoms with E-state index < -0.39 is 10.0 Å². The number of hydrogen-bond donors (Lipinski definition) is 2. The monoisotopic (exact) mass is 296 g/mol. The molecule has 4 nitrogen and oxygen atoms in total. The van der Waals surface area contributed by atoms with Crippen LogP contribution < -0.4 is 10.0 Å². The Kier molecular flexibility index (Phi) is 5.57. The summed E-state index contributed by atoms with van der Waals surface area (Å²) in [5.74, 6) is 0.602. The minimum Gasteiger partial charge on any atom is -0.316 e. The van der Waals surface area contributed by atoms with E-state index in [9.17, 15) is 8.42 Å². The maximum absolute atomic E-state index is 12.1. The lowest BCUT2D eigenvalue weighted by molar-refractivity contribution is 0.519. The summed E-state index contributed by atoms with van der Waals surface area (Å²) in [5.41, 5.74) is 1.18. The van der Waals surface area contributed by atoms with Crippen molar-refractivity contribution in [3.05, 3.63) is 29.8 Å². The number of hydrogen-bond acceptors (Lipinski definition) is 3. The second kappa shape index (κ2) is 7.20. The van der Waals surface area contributed by atoms with Crippen molar-refractivity contribution >= 4 is 10.0 Å². The number of nitrogens with one attached hydrogen (secondary N) is 2. The number of rotatable bonds is 7. The van der Waals surface area contributed by atoms with E-state index in [0.29, 0.717) is 17.4 Å². The first-order chi connectivity index (χ1) is 9.62. The van der Waals surface area contributed by atoms with Crippen LogP contribution in [0.2, 0.25) is 0 Å². The second-order valence-corrected chi connectivity index (χ2v) is 7.21. The molecule has 1 heterocycles. The molecule has 2 rings (SSSR count). The van der Waals surface area contributed by atoms with Crippen molar-refractivity contribution in [2.45, 2.75) is 37.5 Å². The van der Waals surface area contributed by atoms with E-state index in [1.54, 1.807) is 12.1 Å². The molecule has 0 aromatic heterocycles. The largest absolute Gasteiger partial charge is 0.316 e. The fraction of sp³-hybridized carbons (Fsp3) is 0.600. The molecule has 5 heteroatoms. The minimum atomic E-state index is -3.35. The first kappa shape index (κ1) is 15.5. The molecule has 1 aliphatic heterocycles. The highest BCUT2D eigenvalue weighted by Crippen LogP contribution is 2.14. The van der Waals surface area contributed by atoms with Crippen LogP contribution in [0.1, 0.15) is 31.7 Å². The Labute approximate surface area is 122 Å². The van der Waals surface area contributed by atoms with E-state index >= 15 is 0 Å². The summed E-state index contributed by atoms with van der Waals surface area (Å²) < 4.78 is 27.0. The van der Waals surface area contributed by atoms with Crippen LogP contribution in [0.15, 0.2) is 29.2 Å². The van der Waals surface area contributed by atoms with Crippen LogP contribution in [0, 0.1) is 5.92 Å². The molecule has 112 valence electrons. The first-order valence-electron chi connectivity index (χ1n) is 7.41. The van der Waals surface area contributed by atoms with Gasteiger partial charge >= 0.3 is 0 Å². The van der Waals surface area contributed by atoms with Gasteiger partial charge in [-0.05, 0) is 56.0 Å². The average Bonchev–Trinajstić information content (AvgIpc) is 2.93. The van der Waals surface area contributed by atoms with E-state index in [4.69, 9.17) is 0 Å². The van der Waals surface area contributed by atoms with Crippen molar-refractivity contribution in [2.24, 2.45) is 5.92 Å². The fourth-order valence-corrected chi connectivity index (χ4v) is 3.61. The van der Waals surface area contributed by atoms with Crippen molar-refractivity contribution < 1.29 is 8.42 Å². The van der Waals surface area contributed by atoms with E-state index in [0.717, 1.165) is 38.8 Å². The van der Waals surface area contributed by atoms with E-state index in [-0.39, 0.29) is 0 Å². The number of aryl methyl sites for hydroxylation is 1. The highest BCUT2D eigenvalue weighted by atomic mass is 32.2. The number of benzene rings is 1. The van der Waals surface area contributed by atoms with Gasteiger partial charge in [-0.2, -0.15) is 0 Å². The third kappa shape index (κ3) is 4.30. The molecular weight excluding hydrogens is 272 g/mol. The standard InChI is InChI=1S/C15H24N2O2S/c1-2-3-13-4-6-15(7-5-13)20(18,19)17-11-9-14-8-10-16-12-14/h4-7,14,16-17H,2-3,8-12H2,1H3. The molecular formula is C15H24N2O2S. The molecule has 0 spiro atoms. The highest BCUT2D eigenvalue weighted by Gasteiger charge is 2.17. The summed E-state index contributed by atoms with van der Waals surface area (Å²) in [4.78, 5) is 0.363. The molecule has 20 heavy (non-hydrogen) atoms. The Morgan fingerprint density at radius 1 is 1.30 bits per heavy atom. The fourth-order valence-electron chi connectivity index (χ4n) is 2.57. The van der Waals surface area contributed by atoms with Crippen LogP contribution >= 0.6 is 0 Å². The molecule has 0 saturated carbocycles. The molecule has 1 aliphatic rings. The molecule has 1 saturated heterocycles. The SMILES string of the molecule is CCCc1ccc(S(=O)(=O)NCCC2CCNC2)cc1. The molecule has 0 bridgehead atoms. The lowest BCUT2D eigenvalue weighted by Gasteiger charge is -2.10. The van der Waals surface area contributed by atoms with Gasteiger partial charge in [0.1, 0.15) is 0 Å². The highest BCUT2D eigenvalue weighted by molar-refractivity contribution is 7.89. The van der Waals surface area contributed by atoms with Crippen molar-refractivity contribution in [3.8, 4) is 0 Å². The van der Waals surface area contributed by atoms with Crippen LogP contribution in [0.25, 0.3) is 0 Å². The molecule has 0 amide bonds. The lowest BCUT2D eigenvalue weighted by Crippen LogP contribution is -2.26. The van der Waals surface area contributed by atoms with Crippen LogP contribution in [0.4, 0.5) is 0 Å². The summed E-state index contributed by atoms with van der Waals surface area (Å²) in [6.07, 6.45) is 4.11. The van der Waals surface area contributed by atoms with E-state index in [1.165, 1.54) is 5.56 Å². The zero-order chi connectivity index (χ0) is 14.4. The van der Waals surface area contributed by atoms with Crippen molar-refractivity contribution in [3.63, 3.8) is 0 Å². The third-order valence-corrected chi connectivity index (χ3v) is 5.26. The normalized spacial score (nSPS) is 19.4. The van der Waals surface area contributed by atoms with Crippen molar-refractivity contribution in [2.75, 3.05) is 19.6 Å². The van der Waals surface area contributed by atoms with E-state index in [2.05, 4.69) is 17.0 Å². The third-order valence-electron chi connectivity index (χ3n) is 3.78. The summed E-state index contributed by atoms with van der Waals surface area (Å²) in [5, 5.41) is 3.29. The van der Waals surface area contributed by atoms with Gasteiger partial charge in [0.05, 0.1) is 4.90 Å². The Morgan fingerprint density at radius 3 is 2.65 bits per heavy atom. The summed E-state index contributed by atoms with van der Waals surface area (Å²) in [6, 6.07) is 7.20. The van der Waals surface area contributed by atoms with Gasteiger partial charge in [0.25, 0.3) is 0 Å². The smallest absolute Gasteiger partial charge is 0.240 e. The van der Waals surface area contributed by atoms with Crippen LogP contribution in [-0.2, 0) is 16.4 Å². The molecule has 1 aromatic rings.